The molecule has 2 aromatic rings. The number of morpholine rings is 1. The average Bonchev–Trinajstić information content (AvgIpc) is 2.62. The first kappa shape index (κ1) is 18.3. The van der Waals surface area contributed by atoms with E-state index in [9.17, 15) is 4.79 Å². The minimum atomic E-state index is -0.00111. The number of carbonyl (C=O) groups excluding carboxylic acids is 1. The van der Waals surface area contributed by atoms with Crippen molar-refractivity contribution in [1.82, 2.24) is 5.32 Å². The Bertz CT molecular complexity index is 720. The van der Waals surface area contributed by atoms with Gasteiger partial charge in [-0.2, -0.15) is 0 Å². The van der Waals surface area contributed by atoms with Crippen molar-refractivity contribution < 1.29 is 9.53 Å². The van der Waals surface area contributed by atoms with Crippen molar-refractivity contribution in [3.8, 4) is 0 Å². The highest BCUT2D eigenvalue weighted by atomic mass is 35.5. The highest BCUT2D eigenvalue weighted by molar-refractivity contribution is 7.98. The molecule has 2 aromatic carbocycles. The lowest BCUT2D eigenvalue weighted by Crippen LogP contribution is -2.43. The fraction of sp³-hybridized carbons (Fsp3) is 0.316. The van der Waals surface area contributed by atoms with Gasteiger partial charge in [0, 0.05) is 34.7 Å². The van der Waals surface area contributed by atoms with Crippen LogP contribution in [0.25, 0.3) is 0 Å². The molecular formula is C19H21ClN2O2S. The van der Waals surface area contributed by atoms with Crippen LogP contribution in [0.3, 0.4) is 0 Å². The summed E-state index contributed by atoms with van der Waals surface area (Å²) in [7, 11) is 0. The van der Waals surface area contributed by atoms with Gasteiger partial charge in [-0.05, 0) is 29.8 Å². The van der Waals surface area contributed by atoms with Gasteiger partial charge in [0.2, 0.25) is 5.91 Å². The highest BCUT2D eigenvalue weighted by Crippen LogP contribution is 2.30. The second kappa shape index (κ2) is 9.25. The highest BCUT2D eigenvalue weighted by Gasteiger charge is 2.17. The second-order valence-corrected chi connectivity index (χ2v) is 7.35. The van der Waals surface area contributed by atoms with Gasteiger partial charge in [-0.25, -0.2) is 0 Å². The van der Waals surface area contributed by atoms with Gasteiger partial charge in [0.25, 0.3) is 0 Å². The van der Waals surface area contributed by atoms with Gasteiger partial charge in [-0.15, -0.1) is 11.8 Å². The molecule has 1 fully saturated rings. The molecule has 0 spiro atoms. The van der Waals surface area contributed by atoms with E-state index in [0.29, 0.717) is 19.6 Å². The quantitative estimate of drug-likeness (QED) is 0.749. The van der Waals surface area contributed by atoms with E-state index in [0.717, 1.165) is 33.5 Å². The predicted molar refractivity (Wildman–Crippen MR) is 103 cm³/mol. The van der Waals surface area contributed by atoms with Crippen LogP contribution in [0, 0.1) is 0 Å². The Hall–Kier alpha value is -1.53. The van der Waals surface area contributed by atoms with Gasteiger partial charge >= 0.3 is 0 Å². The third-order valence-electron chi connectivity index (χ3n) is 3.87. The molecule has 1 atom stereocenters. The maximum atomic E-state index is 12.3. The third-order valence-corrected chi connectivity index (χ3v) is 5.25. The Labute approximate surface area is 157 Å². The Kier molecular flexibility index (Phi) is 6.76. The Morgan fingerprint density at radius 1 is 1.28 bits per heavy atom. The zero-order valence-electron chi connectivity index (χ0n) is 13.8. The molecule has 1 saturated heterocycles. The van der Waals surface area contributed by atoms with Crippen molar-refractivity contribution in [3.63, 3.8) is 0 Å². The number of benzene rings is 2. The van der Waals surface area contributed by atoms with Crippen LogP contribution in [0.5, 0.6) is 0 Å². The normalized spacial score (nSPS) is 17.2. The number of amides is 1. The second-order valence-electron chi connectivity index (χ2n) is 5.89. The molecule has 132 valence electrons. The SMILES string of the molecule is O=C(C[C@H]1COCCN1)Nc1ccccc1SCc1cccc(Cl)c1. The average molecular weight is 377 g/mol. The lowest BCUT2D eigenvalue weighted by Gasteiger charge is -2.23. The number of para-hydroxylation sites is 1. The molecule has 2 N–H and O–H groups in total. The van der Waals surface area contributed by atoms with Crippen molar-refractivity contribution in [3.05, 3.63) is 59.1 Å². The van der Waals surface area contributed by atoms with Crippen LogP contribution in [0.15, 0.2) is 53.4 Å². The number of hydrogen-bond acceptors (Lipinski definition) is 4. The summed E-state index contributed by atoms with van der Waals surface area (Å²) in [5.74, 6) is 0.796. The van der Waals surface area contributed by atoms with Crippen molar-refractivity contribution in [2.45, 2.75) is 23.1 Å². The molecule has 3 rings (SSSR count). The maximum absolute atomic E-state index is 12.3. The van der Waals surface area contributed by atoms with Gasteiger partial charge in [0.05, 0.1) is 18.9 Å². The zero-order valence-corrected chi connectivity index (χ0v) is 15.4. The summed E-state index contributed by atoms with van der Waals surface area (Å²) < 4.78 is 5.40. The van der Waals surface area contributed by atoms with E-state index in [4.69, 9.17) is 16.3 Å². The number of ether oxygens (including phenoxy) is 1. The standard InChI is InChI=1S/C19H21ClN2O2S/c20-15-5-3-4-14(10-15)13-25-18-7-2-1-6-17(18)22-19(23)11-16-12-24-9-8-21-16/h1-7,10,16,21H,8-9,11-13H2,(H,22,23)/t16-/m0/s1. The molecule has 0 bridgehead atoms. The summed E-state index contributed by atoms with van der Waals surface area (Å²) in [4.78, 5) is 13.4. The van der Waals surface area contributed by atoms with E-state index in [1.54, 1.807) is 11.8 Å². The number of hydrogen-bond donors (Lipinski definition) is 2. The molecule has 6 heteroatoms. The minimum Gasteiger partial charge on any atom is -0.378 e. The van der Waals surface area contributed by atoms with Gasteiger partial charge in [-0.3, -0.25) is 4.79 Å². The van der Waals surface area contributed by atoms with E-state index in [2.05, 4.69) is 16.7 Å². The molecule has 25 heavy (non-hydrogen) atoms. The van der Waals surface area contributed by atoms with Gasteiger partial charge in [-0.1, -0.05) is 35.9 Å². The maximum Gasteiger partial charge on any atom is 0.226 e. The van der Waals surface area contributed by atoms with Crippen molar-refractivity contribution in [1.29, 1.82) is 0 Å². The number of carbonyl (C=O) groups is 1. The Morgan fingerprint density at radius 3 is 2.96 bits per heavy atom. The molecule has 0 aliphatic carbocycles. The topological polar surface area (TPSA) is 50.4 Å². The van der Waals surface area contributed by atoms with Crippen LogP contribution in [0.1, 0.15) is 12.0 Å². The molecule has 4 nitrogen and oxygen atoms in total. The van der Waals surface area contributed by atoms with E-state index in [1.807, 2.05) is 42.5 Å². The first-order chi connectivity index (χ1) is 12.2. The molecule has 0 unspecified atom stereocenters. The van der Waals surface area contributed by atoms with Gasteiger partial charge in [0.1, 0.15) is 0 Å². The van der Waals surface area contributed by atoms with Crippen LogP contribution < -0.4 is 10.6 Å². The van der Waals surface area contributed by atoms with E-state index in [-0.39, 0.29) is 11.9 Å². The third kappa shape index (κ3) is 5.75. The van der Waals surface area contributed by atoms with Crippen molar-refractivity contribution in [2.24, 2.45) is 0 Å². The molecule has 0 saturated carbocycles. The number of rotatable bonds is 6. The first-order valence-electron chi connectivity index (χ1n) is 8.28. The fourth-order valence-electron chi connectivity index (χ4n) is 2.66. The molecule has 0 aromatic heterocycles. The van der Waals surface area contributed by atoms with E-state index < -0.39 is 0 Å². The van der Waals surface area contributed by atoms with E-state index in [1.165, 1.54) is 0 Å². The largest absolute Gasteiger partial charge is 0.378 e. The Balaban J connectivity index is 1.59. The molecule has 1 aliphatic rings. The van der Waals surface area contributed by atoms with Gasteiger partial charge < -0.3 is 15.4 Å². The molecular weight excluding hydrogens is 356 g/mol. The summed E-state index contributed by atoms with van der Waals surface area (Å²) in [6.07, 6.45) is 0.410. The molecule has 1 aliphatic heterocycles. The minimum absolute atomic E-state index is 0.00111. The number of thioether (sulfide) groups is 1. The van der Waals surface area contributed by atoms with Crippen LogP contribution in [0.2, 0.25) is 5.02 Å². The fourth-order valence-corrected chi connectivity index (χ4v) is 3.82. The molecule has 1 heterocycles. The number of nitrogens with one attached hydrogen (secondary N) is 2. The van der Waals surface area contributed by atoms with Crippen LogP contribution >= 0.6 is 23.4 Å². The monoisotopic (exact) mass is 376 g/mol. The summed E-state index contributed by atoms with van der Waals surface area (Å²) in [6.45, 7) is 2.09. The summed E-state index contributed by atoms with van der Waals surface area (Å²) in [5.41, 5.74) is 2.00. The predicted octanol–water partition coefficient (Wildman–Crippen LogP) is 3.95. The van der Waals surface area contributed by atoms with Crippen LogP contribution in [-0.4, -0.2) is 31.7 Å². The summed E-state index contributed by atoms with van der Waals surface area (Å²) in [5, 5.41) is 7.06. The van der Waals surface area contributed by atoms with Crippen molar-refractivity contribution >= 4 is 35.0 Å². The Morgan fingerprint density at radius 2 is 2.16 bits per heavy atom. The van der Waals surface area contributed by atoms with Crippen molar-refractivity contribution in [2.75, 3.05) is 25.1 Å². The lowest BCUT2D eigenvalue weighted by atomic mass is 10.2. The van der Waals surface area contributed by atoms with Crippen LogP contribution in [0.4, 0.5) is 5.69 Å². The summed E-state index contributed by atoms with van der Waals surface area (Å²) in [6, 6.07) is 15.8. The summed E-state index contributed by atoms with van der Waals surface area (Å²) >= 11 is 7.72. The smallest absolute Gasteiger partial charge is 0.226 e. The molecule has 1 amide bonds. The molecule has 0 radical (unpaired) electrons. The van der Waals surface area contributed by atoms with Gasteiger partial charge in [0.15, 0.2) is 0 Å². The zero-order chi connectivity index (χ0) is 17.5. The van der Waals surface area contributed by atoms with E-state index >= 15 is 0 Å². The number of halogens is 1. The van der Waals surface area contributed by atoms with Crippen LogP contribution in [-0.2, 0) is 15.3 Å². The first-order valence-corrected chi connectivity index (χ1v) is 9.64. The lowest BCUT2D eigenvalue weighted by molar-refractivity contribution is -0.117. The number of anilines is 1.